The van der Waals surface area contributed by atoms with E-state index >= 15 is 0 Å². The molecule has 176 valence electrons. The number of imidazole rings is 1. The van der Waals surface area contributed by atoms with Crippen molar-refractivity contribution in [3.8, 4) is 11.8 Å². The van der Waals surface area contributed by atoms with Crippen molar-refractivity contribution in [3.63, 3.8) is 0 Å². The van der Waals surface area contributed by atoms with Gasteiger partial charge in [0, 0.05) is 18.6 Å². The van der Waals surface area contributed by atoms with Gasteiger partial charge in [-0.25, -0.2) is 4.79 Å². The molecule has 6 nitrogen and oxygen atoms in total. The number of benzene rings is 2. The summed E-state index contributed by atoms with van der Waals surface area (Å²) in [5, 5.41) is 10.4. The smallest absolute Gasteiger partial charge is 0.293 e. The van der Waals surface area contributed by atoms with Gasteiger partial charge in [-0.1, -0.05) is 36.4 Å². The maximum Gasteiger partial charge on any atom is 0.333 e. The molecule has 0 amide bonds. The molecule has 2 aromatic heterocycles. The van der Waals surface area contributed by atoms with Gasteiger partial charge >= 0.3 is 5.69 Å². The van der Waals surface area contributed by atoms with Crippen LogP contribution in [0, 0.1) is 11.3 Å². The van der Waals surface area contributed by atoms with Gasteiger partial charge in [0.15, 0.2) is 0 Å². The third-order valence-corrected chi connectivity index (χ3v) is 7.23. The number of aromatic nitrogens is 3. The molecule has 3 heterocycles. The van der Waals surface area contributed by atoms with Gasteiger partial charge in [0.25, 0.3) is 0 Å². The molecule has 0 N–H and O–H groups in total. The Bertz CT molecular complexity index is 1770. The molecule has 0 radical (unpaired) electrons. The molecule has 1 atom stereocenters. The van der Waals surface area contributed by atoms with Crippen molar-refractivity contribution in [1.82, 2.24) is 14.1 Å². The quantitative estimate of drug-likeness (QED) is 0.401. The highest BCUT2D eigenvalue weighted by molar-refractivity contribution is 6.14. The summed E-state index contributed by atoms with van der Waals surface area (Å²) < 4.78 is 3.37. The molecule has 36 heavy (non-hydrogen) atoms. The Labute approximate surface area is 208 Å². The van der Waals surface area contributed by atoms with Crippen LogP contribution in [-0.2, 0) is 12.5 Å². The summed E-state index contributed by atoms with van der Waals surface area (Å²) in [6.07, 6.45) is 13.2. The van der Waals surface area contributed by atoms with Gasteiger partial charge in [-0.2, -0.15) is 5.26 Å². The normalized spacial score (nSPS) is 17.1. The Balaban J connectivity index is 1.56. The van der Waals surface area contributed by atoms with E-state index in [-0.39, 0.29) is 11.7 Å². The number of nitrogens with zero attached hydrogens (tertiary/aromatic N) is 5. The number of pyridine rings is 1. The number of allylic oxidation sites excluding steroid dienone is 3. The van der Waals surface area contributed by atoms with Gasteiger partial charge in [0.05, 0.1) is 46.0 Å². The fourth-order valence-corrected chi connectivity index (χ4v) is 4.98. The number of aliphatic imine (C=N–C) groups is 1. The van der Waals surface area contributed by atoms with E-state index in [1.54, 1.807) is 22.4 Å². The molecular weight excluding hydrogens is 446 g/mol. The van der Waals surface area contributed by atoms with Crippen molar-refractivity contribution in [3.05, 3.63) is 100 Å². The first-order valence-corrected chi connectivity index (χ1v) is 12.0. The van der Waals surface area contributed by atoms with E-state index in [1.165, 1.54) is 5.57 Å². The fourth-order valence-electron chi connectivity index (χ4n) is 4.98. The number of rotatable bonds is 3. The van der Waals surface area contributed by atoms with Crippen molar-refractivity contribution < 1.29 is 0 Å². The lowest BCUT2D eigenvalue weighted by molar-refractivity contribution is 0.686. The predicted molar refractivity (Wildman–Crippen MR) is 145 cm³/mol. The van der Waals surface area contributed by atoms with Crippen LogP contribution < -0.4 is 5.69 Å². The first kappa shape index (κ1) is 22.0. The van der Waals surface area contributed by atoms with Gasteiger partial charge in [0.2, 0.25) is 0 Å². The molecule has 1 aliphatic heterocycles. The lowest BCUT2D eigenvalue weighted by Gasteiger charge is -2.20. The molecule has 0 bridgehead atoms. The predicted octanol–water partition coefficient (Wildman–Crippen LogP) is 5.40. The van der Waals surface area contributed by atoms with Gasteiger partial charge in [-0.3, -0.25) is 19.1 Å². The maximum absolute atomic E-state index is 13.4. The number of nitriles is 1. The molecule has 4 aromatic rings. The third kappa shape index (κ3) is 3.36. The number of hydrogen-bond donors (Lipinski definition) is 0. The van der Waals surface area contributed by atoms with E-state index in [1.807, 2.05) is 50.4 Å². The molecule has 0 spiro atoms. The van der Waals surface area contributed by atoms with Gasteiger partial charge in [0.1, 0.15) is 0 Å². The molecule has 0 saturated heterocycles. The zero-order chi connectivity index (χ0) is 25.0. The maximum atomic E-state index is 13.4. The van der Waals surface area contributed by atoms with Crippen molar-refractivity contribution in [2.75, 3.05) is 0 Å². The molecular formula is C30H25N5O. The third-order valence-electron chi connectivity index (χ3n) is 7.23. The van der Waals surface area contributed by atoms with Gasteiger partial charge in [-0.05, 0) is 72.9 Å². The van der Waals surface area contributed by atoms with Crippen molar-refractivity contribution in [2.24, 2.45) is 12.0 Å². The molecule has 6 rings (SSSR count). The number of dihydropyridines is 1. The van der Waals surface area contributed by atoms with Crippen LogP contribution in [0.25, 0.3) is 33.2 Å². The summed E-state index contributed by atoms with van der Waals surface area (Å²) in [6, 6.07) is 16.4. The lowest BCUT2D eigenvalue weighted by atomic mass is 9.86. The minimum absolute atomic E-state index is 0.141. The summed E-state index contributed by atoms with van der Waals surface area (Å²) in [5.74, 6) is 0. The molecule has 1 unspecified atom stereocenters. The van der Waals surface area contributed by atoms with E-state index in [9.17, 15) is 10.1 Å². The molecule has 0 fully saturated rings. The summed E-state index contributed by atoms with van der Waals surface area (Å²) in [7, 11) is 1.77. The zero-order valence-corrected chi connectivity index (χ0v) is 20.4. The van der Waals surface area contributed by atoms with E-state index < -0.39 is 5.41 Å². The largest absolute Gasteiger partial charge is 0.333 e. The number of fused-ring (bicyclic) bond motifs is 4. The minimum Gasteiger partial charge on any atom is -0.293 e. The van der Waals surface area contributed by atoms with E-state index in [2.05, 4.69) is 47.5 Å². The Kier molecular flexibility index (Phi) is 4.90. The minimum atomic E-state index is -0.606. The zero-order valence-electron chi connectivity index (χ0n) is 20.4. The molecule has 2 aromatic carbocycles. The second kappa shape index (κ2) is 8.03. The standard InChI is InChI=1S/C30H25N5O/c1-30(2,18-31)22-9-11-23(12-10-22)35-28-24-15-19(21-14-20-6-4-5-7-25(20)32-16-21)8-13-26(24)33-17-27(28)34(3)29(35)36/h4-6,8-17,25H,7H2,1-3H3. The topological polar surface area (TPSA) is 76.0 Å². The molecule has 6 heteroatoms. The highest BCUT2D eigenvalue weighted by Crippen LogP contribution is 2.31. The number of aryl methyl sites for hydroxylation is 1. The summed E-state index contributed by atoms with van der Waals surface area (Å²) >= 11 is 0. The van der Waals surface area contributed by atoms with Crippen molar-refractivity contribution in [2.45, 2.75) is 31.7 Å². The highest BCUT2D eigenvalue weighted by Gasteiger charge is 2.22. The highest BCUT2D eigenvalue weighted by atomic mass is 16.1. The van der Waals surface area contributed by atoms with Crippen LogP contribution in [0.1, 0.15) is 31.4 Å². The van der Waals surface area contributed by atoms with Gasteiger partial charge < -0.3 is 0 Å². The van der Waals surface area contributed by atoms with Crippen LogP contribution >= 0.6 is 0 Å². The fraction of sp³-hybridized carbons (Fsp3) is 0.200. The molecule has 2 aliphatic rings. The van der Waals surface area contributed by atoms with E-state index in [4.69, 9.17) is 4.99 Å². The van der Waals surface area contributed by atoms with Crippen molar-refractivity contribution >= 4 is 33.7 Å². The van der Waals surface area contributed by atoms with Crippen LogP contribution in [-0.4, -0.2) is 26.4 Å². The first-order valence-electron chi connectivity index (χ1n) is 12.0. The summed E-state index contributed by atoms with van der Waals surface area (Å²) in [5.41, 5.74) is 6.59. The SMILES string of the molecule is Cn1c(=O)n(-c2ccc(C(C)(C)C#N)cc2)c2c3cc(C4=CC5=CC=CCC5N=C4)ccc3ncc21. The first-order chi connectivity index (χ1) is 17.4. The van der Waals surface area contributed by atoms with Crippen LogP contribution in [0.3, 0.4) is 0 Å². The Hall–Kier alpha value is -4.50. The number of hydrogen-bond acceptors (Lipinski definition) is 4. The van der Waals surface area contributed by atoms with Crippen LogP contribution in [0.5, 0.6) is 0 Å². The summed E-state index contributed by atoms with van der Waals surface area (Å²) in [6.45, 7) is 3.77. The summed E-state index contributed by atoms with van der Waals surface area (Å²) in [4.78, 5) is 22.8. The van der Waals surface area contributed by atoms with Crippen molar-refractivity contribution in [1.29, 1.82) is 5.26 Å². The van der Waals surface area contributed by atoms with E-state index in [0.29, 0.717) is 0 Å². The Morgan fingerprint density at radius 3 is 2.72 bits per heavy atom. The van der Waals surface area contributed by atoms with E-state index in [0.717, 1.165) is 50.7 Å². The second-order valence-electron chi connectivity index (χ2n) is 9.91. The van der Waals surface area contributed by atoms with Crippen LogP contribution in [0.4, 0.5) is 0 Å². The second-order valence-corrected chi connectivity index (χ2v) is 9.91. The monoisotopic (exact) mass is 471 g/mol. The lowest BCUT2D eigenvalue weighted by Crippen LogP contribution is -2.21. The Morgan fingerprint density at radius 2 is 1.94 bits per heavy atom. The van der Waals surface area contributed by atoms with Crippen LogP contribution in [0.2, 0.25) is 0 Å². The molecule has 1 aliphatic carbocycles. The van der Waals surface area contributed by atoms with Crippen LogP contribution in [0.15, 0.2) is 88.3 Å². The Morgan fingerprint density at radius 1 is 1.14 bits per heavy atom. The average molecular weight is 472 g/mol. The van der Waals surface area contributed by atoms with Gasteiger partial charge in [-0.15, -0.1) is 0 Å². The molecule has 0 saturated carbocycles. The average Bonchev–Trinajstić information content (AvgIpc) is 3.18.